The molecule has 3 aromatic carbocycles. The second kappa shape index (κ2) is 13.8. The van der Waals surface area contributed by atoms with Crippen molar-refractivity contribution < 1.29 is 18.0 Å². The second-order valence-corrected chi connectivity index (χ2v) is 12.1. The smallest absolute Gasteiger partial charge is 0.244 e. The Morgan fingerprint density at radius 1 is 0.974 bits per heavy atom. The van der Waals surface area contributed by atoms with Crippen LogP contribution in [0.1, 0.15) is 30.0 Å². The lowest BCUT2D eigenvalue weighted by molar-refractivity contribution is -0.140. The van der Waals surface area contributed by atoms with Gasteiger partial charge in [-0.25, -0.2) is 8.42 Å². The van der Waals surface area contributed by atoms with Crippen LogP contribution in [0, 0.1) is 6.92 Å². The minimum Gasteiger partial charge on any atom is -0.354 e. The summed E-state index contributed by atoms with van der Waals surface area (Å²) in [4.78, 5) is 29.0. The lowest BCUT2D eigenvalue weighted by Gasteiger charge is -2.34. The molecular weight excluding hydrogens is 557 g/mol. The number of amides is 2. The molecular formula is C29H33Cl2N3O4S. The van der Waals surface area contributed by atoms with Crippen LogP contribution in [0.2, 0.25) is 10.0 Å². The van der Waals surface area contributed by atoms with Crippen LogP contribution in [0.4, 0.5) is 5.69 Å². The lowest BCUT2D eigenvalue weighted by atomic mass is 10.0. The molecule has 10 heteroatoms. The van der Waals surface area contributed by atoms with Crippen molar-refractivity contribution in [2.24, 2.45) is 0 Å². The molecule has 0 aromatic heterocycles. The van der Waals surface area contributed by atoms with Gasteiger partial charge in [-0.05, 0) is 54.3 Å². The topological polar surface area (TPSA) is 86.8 Å². The molecule has 0 aliphatic carbocycles. The van der Waals surface area contributed by atoms with Gasteiger partial charge in [-0.2, -0.15) is 0 Å². The van der Waals surface area contributed by atoms with Crippen molar-refractivity contribution in [3.05, 3.63) is 99.5 Å². The van der Waals surface area contributed by atoms with E-state index >= 15 is 0 Å². The third-order valence-electron chi connectivity index (χ3n) is 6.23. The molecule has 7 nitrogen and oxygen atoms in total. The molecule has 0 spiro atoms. The van der Waals surface area contributed by atoms with Crippen LogP contribution in [0.15, 0.2) is 72.8 Å². The number of hydrogen-bond donors (Lipinski definition) is 1. The number of anilines is 1. The minimum atomic E-state index is -3.87. The first-order chi connectivity index (χ1) is 18.5. The Kier molecular flexibility index (Phi) is 10.8. The van der Waals surface area contributed by atoms with Crippen molar-refractivity contribution in [3.8, 4) is 0 Å². The quantitative estimate of drug-likeness (QED) is 0.313. The summed E-state index contributed by atoms with van der Waals surface area (Å²) < 4.78 is 26.8. The highest BCUT2D eigenvalue weighted by atomic mass is 35.5. The first-order valence-electron chi connectivity index (χ1n) is 12.6. The number of carbonyl (C=O) groups is 2. The van der Waals surface area contributed by atoms with E-state index in [9.17, 15) is 18.0 Å². The van der Waals surface area contributed by atoms with Crippen LogP contribution in [0.5, 0.6) is 0 Å². The van der Waals surface area contributed by atoms with Crippen molar-refractivity contribution in [1.29, 1.82) is 0 Å². The normalized spacial score (nSPS) is 12.0. The second-order valence-electron chi connectivity index (χ2n) is 9.31. The van der Waals surface area contributed by atoms with E-state index < -0.39 is 28.5 Å². The van der Waals surface area contributed by atoms with Gasteiger partial charge >= 0.3 is 0 Å². The molecule has 0 fully saturated rings. The fourth-order valence-electron chi connectivity index (χ4n) is 4.22. The molecule has 208 valence electrons. The van der Waals surface area contributed by atoms with E-state index in [2.05, 4.69) is 5.32 Å². The molecule has 0 heterocycles. The van der Waals surface area contributed by atoms with E-state index in [0.717, 1.165) is 22.5 Å². The molecule has 2 amide bonds. The van der Waals surface area contributed by atoms with Gasteiger partial charge in [0.05, 0.1) is 11.9 Å². The van der Waals surface area contributed by atoms with E-state index in [1.807, 2.05) is 37.3 Å². The summed E-state index contributed by atoms with van der Waals surface area (Å²) in [5, 5.41) is 3.80. The van der Waals surface area contributed by atoms with Gasteiger partial charge in [-0.15, -0.1) is 0 Å². The van der Waals surface area contributed by atoms with Gasteiger partial charge in [-0.1, -0.05) is 78.7 Å². The van der Waals surface area contributed by atoms with E-state index in [4.69, 9.17) is 23.2 Å². The van der Waals surface area contributed by atoms with Crippen LogP contribution in [0.25, 0.3) is 0 Å². The van der Waals surface area contributed by atoms with Crippen LogP contribution in [-0.4, -0.2) is 50.5 Å². The monoisotopic (exact) mass is 589 g/mol. The highest BCUT2D eigenvalue weighted by Gasteiger charge is 2.33. The van der Waals surface area contributed by atoms with Crippen LogP contribution in [-0.2, 0) is 32.6 Å². The van der Waals surface area contributed by atoms with E-state index in [1.165, 1.54) is 4.90 Å². The molecule has 3 rings (SSSR count). The summed E-state index contributed by atoms with van der Waals surface area (Å²) >= 11 is 12.5. The number of nitrogens with zero attached hydrogens (tertiary/aromatic N) is 2. The lowest BCUT2D eigenvalue weighted by Crippen LogP contribution is -2.53. The average molecular weight is 591 g/mol. The van der Waals surface area contributed by atoms with E-state index in [-0.39, 0.29) is 18.9 Å². The number of halogens is 2. The third-order valence-corrected chi connectivity index (χ3v) is 7.96. The maximum Gasteiger partial charge on any atom is 0.244 e. The number of hydrogen-bond acceptors (Lipinski definition) is 4. The van der Waals surface area contributed by atoms with Gasteiger partial charge < -0.3 is 10.2 Å². The highest BCUT2D eigenvalue weighted by Crippen LogP contribution is 2.27. The fraction of sp³-hybridized carbons (Fsp3) is 0.310. The van der Waals surface area contributed by atoms with Crippen molar-refractivity contribution in [1.82, 2.24) is 10.2 Å². The first kappa shape index (κ1) is 30.5. The average Bonchev–Trinajstić information content (AvgIpc) is 2.89. The van der Waals surface area contributed by atoms with Gasteiger partial charge in [0.25, 0.3) is 0 Å². The number of benzene rings is 3. The summed E-state index contributed by atoms with van der Waals surface area (Å²) in [6.07, 6.45) is 2.01. The number of rotatable bonds is 12. The van der Waals surface area contributed by atoms with Crippen LogP contribution in [0.3, 0.4) is 0 Å². The molecule has 0 radical (unpaired) electrons. The predicted octanol–water partition coefficient (Wildman–Crippen LogP) is 5.23. The minimum absolute atomic E-state index is 0.0206. The Morgan fingerprint density at radius 3 is 2.26 bits per heavy atom. The Hall–Kier alpha value is -3.07. The molecule has 39 heavy (non-hydrogen) atoms. The third kappa shape index (κ3) is 8.46. The Morgan fingerprint density at radius 2 is 1.64 bits per heavy atom. The van der Waals surface area contributed by atoms with Gasteiger partial charge in [0, 0.05) is 29.6 Å². The maximum atomic E-state index is 14.0. The standard InChI is InChI=1S/C29H33Cl2N3O4S/c1-4-16-32-29(36)27(18-22-10-6-5-7-11-22)33(19-23-12-8-9-13-25(23)31)28(35)20-34(39(3,37)38)26-15-14-24(30)17-21(26)2/h5-15,17,27H,4,16,18-20H2,1-3H3,(H,32,36)/t27-/m1/s1. The van der Waals surface area contributed by atoms with Crippen molar-refractivity contribution >= 4 is 50.7 Å². The Balaban J connectivity index is 2.07. The molecule has 0 saturated heterocycles. The number of carbonyl (C=O) groups excluding carboxylic acids is 2. The molecule has 0 aliphatic heterocycles. The van der Waals surface area contributed by atoms with Crippen molar-refractivity contribution in [2.75, 3.05) is 23.7 Å². The zero-order valence-electron chi connectivity index (χ0n) is 22.2. The summed E-state index contributed by atoms with van der Waals surface area (Å²) in [5.74, 6) is -0.864. The van der Waals surface area contributed by atoms with Gasteiger partial charge in [0.1, 0.15) is 12.6 Å². The Bertz CT molecular complexity index is 1400. The van der Waals surface area contributed by atoms with Crippen LogP contribution >= 0.6 is 23.2 Å². The summed E-state index contributed by atoms with van der Waals surface area (Å²) in [6, 6.07) is 20.3. The van der Waals surface area contributed by atoms with E-state index in [0.29, 0.717) is 33.4 Å². The summed E-state index contributed by atoms with van der Waals surface area (Å²) in [7, 11) is -3.87. The number of aryl methyl sites for hydroxylation is 1. The highest BCUT2D eigenvalue weighted by molar-refractivity contribution is 7.92. The van der Waals surface area contributed by atoms with Crippen molar-refractivity contribution in [3.63, 3.8) is 0 Å². The molecule has 0 aliphatic rings. The van der Waals surface area contributed by atoms with Gasteiger partial charge in [0.15, 0.2) is 0 Å². The number of nitrogens with one attached hydrogen (secondary N) is 1. The zero-order chi connectivity index (χ0) is 28.6. The molecule has 1 N–H and O–H groups in total. The van der Waals surface area contributed by atoms with Gasteiger partial charge in [0.2, 0.25) is 21.8 Å². The molecule has 1 atom stereocenters. The molecule has 0 unspecified atom stereocenters. The Labute approximate surface area is 240 Å². The predicted molar refractivity (Wildman–Crippen MR) is 158 cm³/mol. The molecule has 0 saturated carbocycles. The summed E-state index contributed by atoms with van der Waals surface area (Å²) in [5.41, 5.74) is 2.44. The SMILES string of the molecule is CCCNC(=O)[C@@H](Cc1ccccc1)N(Cc1ccccc1Cl)C(=O)CN(c1ccc(Cl)cc1C)S(C)(=O)=O. The van der Waals surface area contributed by atoms with Crippen molar-refractivity contribution in [2.45, 2.75) is 39.3 Å². The molecule has 0 bridgehead atoms. The van der Waals surface area contributed by atoms with E-state index in [1.54, 1.807) is 49.4 Å². The zero-order valence-corrected chi connectivity index (χ0v) is 24.6. The molecule has 3 aromatic rings. The maximum absolute atomic E-state index is 14.0. The first-order valence-corrected chi connectivity index (χ1v) is 15.2. The van der Waals surface area contributed by atoms with Crippen LogP contribution < -0.4 is 9.62 Å². The van der Waals surface area contributed by atoms with Gasteiger partial charge in [-0.3, -0.25) is 13.9 Å². The largest absolute Gasteiger partial charge is 0.354 e. The fourth-order valence-corrected chi connectivity index (χ4v) is 5.55. The summed E-state index contributed by atoms with van der Waals surface area (Å²) in [6.45, 7) is 3.63. The number of sulfonamides is 1.